The van der Waals surface area contributed by atoms with Gasteiger partial charge in [0.1, 0.15) is 0 Å². The summed E-state index contributed by atoms with van der Waals surface area (Å²) in [6.45, 7) is 6.42. The Bertz CT molecular complexity index is 358. The topological polar surface area (TPSA) is 9.23 Å². The molecule has 0 aliphatic rings. The van der Waals surface area contributed by atoms with Crippen LogP contribution in [0.5, 0.6) is 0 Å². The second kappa shape index (κ2) is 26.7. The molecule has 0 N–H and O–H groups in total. The molecular formula is C28H52Br2O. The molecule has 0 radical (unpaired) electrons. The molecule has 0 heterocycles. The Balaban J connectivity index is 3.83. The minimum Gasteiger partial charge on any atom is -0.381 e. The van der Waals surface area contributed by atoms with Gasteiger partial charge in [-0.25, -0.2) is 0 Å². The molecule has 31 heavy (non-hydrogen) atoms. The van der Waals surface area contributed by atoms with E-state index in [-0.39, 0.29) is 0 Å². The third-order valence-electron chi connectivity index (χ3n) is 5.91. The maximum Gasteiger partial charge on any atom is 0.0466 e. The summed E-state index contributed by atoms with van der Waals surface area (Å²) in [4.78, 5) is 0. The molecule has 0 saturated carbocycles. The Kier molecular flexibility index (Phi) is 27.0. The van der Waals surface area contributed by atoms with E-state index in [1.165, 1.54) is 103 Å². The molecular weight excluding hydrogens is 512 g/mol. The first-order valence-electron chi connectivity index (χ1n) is 13.3. The molecule has 0 amide bonds. The van der Waals surface area contributed by atoms with E-state index in [4.69, 9.17) is 4.74 Å². The minimum atomic E-state index is 0.760. The lowest BCUT2D eigenvalue weighted by molar-refractivity contribution is 0.124. The van der Waals surface area contributed by atoms with E-state index in [0.717, 1.165) is 35.7 Å². The van der Waals surface area contributed by atoms with Gasteiger partial charge in [-0.2, -0.15) is 0 Å². The van der Waals surface area contributed by atoms with Crippen molar-refractivity contribution in [2.24, 2.45) is 11.8 Å². The summed E-state index contributed by atoms with van der Waals surface area (Å²) in [5.74, 6) is 1.52. The first-order chi connectivity index (χ1) is 15.3. The quantitative estimate of drug-likeness (QED) is 0.0644. The molecule has 0 aromatic rings. The largest absolute Gasteiger partial charge is 0.381 e. The molecule has 0 spiro atoms. The number of hydrogen-bond donors (Lipinski definition) is 0. The highest BCUT2D eigenvalue weighted by Crippen LogP contribution is 2.19. The highest BCUT2D eigenvalue weighted by Gasteiger charge is 2.06. The summed E-state index contributed by atoms with van der Waals surface area (Å²) in [6.07, 6.45) is 30.4. The summed E-state index contributed by atoms with van der Waals surface area (Å²) >= 11 is 7.17. The fourth-order valence-corrected chi connectivity index (χ4v) is 4.54. The van der Waals surface area contributed by atoms with Crippen molar-refractivity contribution in [2.45, 2.75) is 117 Å². The SMILES string of the molecule is CCCCC=CC(CCCBr)CCCCOCCCCC(C=CCCCC)CCCBr. The molecule has 184 valence electrons. The van der Waals surface area contributed by atoms with E-state index >= 15 is 0 Å². The summed E-state index contributed by atoms with van der Waals surface area (Å²) in [5.41, 5.74) is 0. The molecule has 0 rings (SSSR count). The van der Waals surface area contributed by atoms with Crippen LogP contribution in [0.25, 0.3) is 0 Å². The van der Waals surface area contributed by atoms with Crippen LogP contribution in [0.15, 0.2) is 24.3 Å². The molecule has 2 unspecified atom stereocenters. The third kappa shape index (κ3) is 23.4. The van der Waals surface area contributed by atoms with Gasteiger partial charge >= 0.3 is 0 Å². The molecule has 0 aliphatic heterocycles. The average molecular weight is 565 g/mol. The average Bonchev–Trinajstić information content (AvgIpc) is 2.78. The predicted octanol–water partition coefficient (Wildman–Crippen LogP) is 10.4. The number of rotatable bonds is 24. The summed E-state index contributed by atoms with van der Waals surface area (Å²) in [5, 5.41) is 2.25. The summed E-state index contributed by atoms with van der Waals surface area (Å²) in [7, 11) is 0. The predicted molar refractivity (Wildman–Crippen MR) is 149 cm³/mol. The Morgan fingerprint density at radius 2 is 1.00 bits per heavy atom. The molecule has 0 bridgehead atoms. The van der Waals surface area contributed by atoms with Crippen LogP contribution in [0, 0.1) is 11.8 Å². The lowest BCUT2D eigenvalue weighted by Gasteiger charge is -2.13. The zero-order chi connectivity index (χ0) is 22.8. The molecule has 0 aromatic carbocycles. The maximum absolute atomic E-state index is 5.93. The van der Waals surface area contributed by atoms with E-state index < -0.39 is 0 Å². The Morgan fingerprint density at radius 1 is 0.581 bits per heavy atom. The normalized spacial score (nSPS) is 14.1. The van der Waals surface area contributed by atoms with Crippen molar-refractivity contribution < 1.29 is 4.74 Å². The van der Waals surface area contributed by atoms with Crippen molar-refractivity contribution in [2.75, 3.05) is 23.9 Å². The second-order valence-corrected chi connectivity index (χ2v) is 10.5. The minimum absolute atomic E-state index is 0.760. The van der Waals surface area contributed by atoms with Gasteiger partial charge in [-0.3, -0.25) is 0 Å². The Morgan fingerprint density at radius 3 is 1.39 bits per heavy atom. The van der Waals surface area contributed by atoms with Crippen molar-refractivity contribution in [1.29, 1.82) is 0 Å². The molecule has 0 saturated heterocycles. The Hall–Kier alpha value is 0.400. The number of ether oxygens (including phenoxy) is 1. The summed E-state index contributed by atoms with van der Waals surface area (Å²) in [6, 6.07) is 0. The number of halogens is 2. The zero-order valence-corrected chi connectivity index (χ0v) is 23.9. The Labute approximate surface area is 212 Å². The van der Waals surface area contributed by atoms with E-state index in [1.54, 1.807) is 0 Å². The molecule has 3 heteroatoms. The van der Waals surface area contributed by atoms with Gasteiger partial charge in [-0.05, 0) is 76.0 Å². The van der Waals surface area contributed by atoms with Gasteiger partial charge in [-0.1, -0.05) is 109 Å². The molecule has 0 aliphatic carbocycles. The van der Waals surface area contributed by atoms with Crippen LogP contribution in [-0.2, 0) is 4.74 Å². The van der Waals surface area contributed by atoms with Crippen molar-refractivity contribution in [3.63, 3.8) is 0 Å². The monoisotopic (exact) mass is 562 g/mol. The summed E-state index contributed by atoms with van der Waals surface area (Å²) < 4.78 is 5.93. The second-order valence-electron chi connectivity index (χ2n) is 8.93. The molecule has 1 nitrogen and oxygen atoms in total. The van der Waals surface area contributed by atoms with Crippen molar-refractivity contribution in [3.05, 3.63) is 24.3 Å². The van der Waals surface area contributed by atoms with Crippen molar-refractivity contribution in [3.8, 4) is 0 Å². The van der Waals surface area contributed by atoms with Crippen LogP contribution in [0.4, 0.5) is 0 Å². The smallest absolute Gasteiger partial charge is 0.0466 e. The highest BCUT2D eigenvalue weighted by molar-refractivity contribution is 9.09. The zero-order valence-electron chi connectivity index (χ0n) is 20.8. The van der Waals surface area contributed by atoms with Crippen molar-refractivity contribution in [1.82, 2.24) is 0 Å². The van der Waals surface area contributed by atoms with E-state index in [9.17, 15) is 0 Å². The van der Waals surface area contributed by atoms with E-state index in [2.05, 4.69) is 70.0 Å². The first kappa shape index (κ1) is 31.4. The van der Waals surface area contributed by atoms with Crippen LogP contribution in [0.2, 0.25) is 0 Å². The van der Waals surface area contributed by atoms with Crippen LogP contribution < -0.4 is 0 Å². The van der Waals surface area contributed by atoms with Gasteiger partial charge in [0.25, 0.3) is 0 Å². The number of allylic oxidation sites excluding steroid dienone is 4. The number of hydrogen-bond acceptors (Lipinski definition) is 1. The van der Waals surface area contributed by atoms with Gasteiger partial charge in [0.05, 0.1) is 0 Å². The first-order valence-corrected chi connectivity index (χ1v) is 15.6. The van der Waals surface area contributed by atoms with Crippen LogP contribution >= 0.6 is 31.9 Å². The third-order valence-corrected chi connectivity index (χ3v) is 7.03. The van der Waals surface area contributed by atoms with Gasteiger partial charge in [0, 0.05) is 23.9 Å². The van der Waals surface area contributed by atoms with Gasteiger partial charge in [0.2, 0.25) is 0 Å². The lowest BCUT2D eigenvalue weighted by atomic mass is 9.96. The highest BCUT2D eigenvalue weighted by atomic mass is 79.9. The van der Waals surface area contributed by atoms with Crippen molar-refractivity contribution >= 4 is 31.9 Å². The molecule has 0 fully saturated rings. The fourth-order valence-electron chi connectivity index (χ4n) is 3.90. The number of unbranched alkanes of at least 4 members (excludes halogenated alkanes) is 6. The lowest BCUT2D eigenvalue weighted by Crippen LogP contribution is -2.02. The molecule has 0 aromatic heterocycles. The standard InChI is InChI=1S/C28H52Br2O/c1-3-5-7-9-17-27(21-15-23-29)19-11-13-25-31-26-14-12-20-28(22-16-24-30)18-10-8-6-4-2/h9-10,17-18,27-28H,3-8,11-16,19-26H2,1-2H3. The molecule has 2 atom stereocenters. The van der Waals surface area contributed by atoms with E-state index in [1.807, 2.05) is 0 Å². The van der Waals surface area contributed by atoms with Crippen LogP contribution in [0.3, 0.4) is 0 Å². The fraction of sp³-hybridized carbons (Fsp3) is 0.857. The van der Waals surface area contributed by atoms with Gasteiger partial charge in [-0.15, -0.1) is 0 Å². The van der Waals surface area contributed by atoms with Gasteiger partial charge in [0.15, 0.2) is 0 Å². The van der Waals surface area contributed by atoms with Crippen LogP contribution in [0.1, 0.15) is 117 Å². The number of alkyl halides is 2. The van der Waals surface area contributed by atoms with E-state index in [0.29, 0.717) is 0 Å². The van der Waals surface area contributed by atoms with Crippen LogP contribution in [-0.4, -0.2) is 23.9 Å². The maximum atomic E-state index is 5.93. The van der Waals surface area contributed by atoms with Gasteiger partial charge < -0.3 is 4.74 Å².